The van der Waals surface area contributed by atoms with Crippen LogP contribution in [0.2, 0.25) is 0 Å². The lowest BCUT2D eigenvalue weighted by Gasteiger charge is -2.13. The molecule has 0 spiro atoms. The van der Waals surface area contributed by atoms with Crippen LogP contribution in [0.4, 0.5) is 5.69 Å². The summed E-state index contributed by atoms with van der Waals surface area (Å²) in [6, 6.07) is 9.57. The lowest BCUT2D eigenvalue weighted by atomic mass is 10.1. The molecule has 0 saturated carbocycles. The number of carbonyl (C=O) groups is 1. The zero-order valence-electron chi connectivity index (χ0n) is 13.4. The molecule has 0 radical (unpaired) electrons. The molecule has 0 atom stereocenters. The summed E-state index contributed by atoms with van der Waals surface area (Å²) in [7, 11) is 0. The Labute approximate surface area is 135 Å². The average molecular weight is 306 g/mol. The molecule has 1 aromatic carbocycles. The summed E-state index contributed by atoms with van der Waals surface area (Å²) < 4.78 is 5.23. The van der Waals surface area contributed by atoms with Crippen LogP contribution in [0.1, 0.15) is 23.8 Å². The maximum absolute atomic E-state index is 12.6. The standard InChI is InChI=1S/C19H18N2O2/c1-13-9-10-16(12-14(13)2)21-19(22)18(15(3)20-21)8-4-6-17-7-5-11-23-17/h4-12H,1-3H3/b6-4+,18-8-. The topological polar surface area (TPSA) is 45.8 Å². The SMILES string of the molecule is CC1=NN(c2ccc(C)c(C)c2)C(=O)/C1=C\C=C\c1ccco1. The molecule has 23 heavy (non-hydrogen) atoms. The number of hydrazone groups is 1. The minimum atomic E-state index is -0.116. The van der Waals surface area contributed by atoms with Gasteiger partial charge in [0.05, 0.1) is 23.2 Å². The van der Waals surface area contributed by atoms with Gasteiger partial charge in [0.1, 0.15) is 5.76 Å². The molecule has 0 bridgehead atoms. The predicted molar refractivity (Wildman–Crippen MR) is 92.3 cm³/mol. The maximum atomic E-state index is 12.6. The van der Waals surface area contributed by atoms with E-state index in [1.807, 2.05) is 57.2 Å². The molecule has 1 aliphatic rings. The molecular formula is C19H18N2O2. The van der Waals surface area contributed by atoms with E-state index >= 15 is 0 Å². The van der Waals surface area contributed by atoms with E-state index in [2.05, 4.69) is 5.10 Å². The van der Waals surface area contributed by atoms with Gasteiger partial charge in [0, 0.05) is 0 Å². The van der Waals surface area contributed by atoms with Crippen molar-refractivity contribution >= 4 is 23.4 Å². The fourth-order valence-corrected chi connectivity index (χ4v) is 2.37. The number of anilines is 1. The molecule has 116 valence electrons. The van der Waals surface area contributed by atoms with Crippen LogP contribution in [-0.2, 0) is 4.79 Å². The van der Waals surface area contributed by atoms with Crippen LogP contribution in [0.5, 0.6) is 0 Å². The van der Waals surface area contributed by atoms with E-state index in [0.29, 0.717) is 11.3 Å². The molecule has 1 aliphatic heterocycles. The second kappa shape index (κ2) is 6.08. The number of benzene rings is 1. The molecule has 2 heterocycles. The monoisotopic (exact) mass is 306 g/mol. The number of furan rings is 1. The highest BCUT2D eigenvalue weighted by atomic mass is 16.3. The van der Waals surface area contributed by atoms with Gasteiger partial charge in [-0.3, -0.25) is 4.79 Å². The van der Waals surface area contributed by atoms with Crippen molar-refractivity contribution < 1.29 is 9.21 Å². The quantitative estimate of drug-likeness (QED) is 0.795. The molecule has 4 heteroatoms. The summed E-state index contributed by atoms with van der Waals surface area (Å²) in [6.07, 6.45) is 6.99. The van der Waals surface area contributed by atoms with Gasteiger partial charge < -0.3 is 4.42 Å². The Hall–Kier alpha value is -2.88. The van der Waals surface area contributed by atoms with E-state index in [1.54, 1.807) is 18.4 Å². The van der Waals surface area contributed by atoms with Crippen molar-refractivity contribution in [3.63, 3.8) is 0 Å². The van der Waals surface area contributed by atoms with Crippen molar-refractivity contribution in [2.24, 2.45) is 5.10 Å². The third-order valence-corrected chi connectivity index (χ3v) is 3.86. The van der Waals surface area contributed by atoms with E-state index in [9.17, 15) is 4.79 Å². The molecule has 2 aromatic rings. The first-order valence-corrected chi connectivity index (χ1v) is 7.45. The van der Waals surface area contributed by atoms with Gasteiger partial charge >= 0.3 is 0 Å². The van der Waals surface area contributed by atoms with E-state index in [0.717, 1.165) is 17.0 Å². The van der Waals surface area contributed by atoms with Gasteiger partial charge in [-0.05, 0) is 68.3 Å². The van der Waals surface area contributed by atoms with Crippen LogP contribution in [-0.4, -0.2) is 11.6 Å². The second-order valence-corrected chi connectivity index (χ2v) is 5.53. The van der Waals surface area contributed by atoms with Crippen molar-refractivity contribution in [3.05, 3.63) is 71.2 Å². The minimum Gasteiger partial charge on any atom is -0.465 e. The smallest absolute Gasteiger partial charge is 0.280 e. The number of hydrogen-bond donors (Lipinski definition) is 0. The van der Waals surface area contributed by atoms with Gasteiger partial charge in [0.2, 0.25) is 0 Å². The van der Waals surface area contributed by atoms with Crippen molar-refractivity contribution in [1.29, 1.82) is 0 Å². The number of rotatable bonds is 3. The Bertz CT molecular complexity index is 827. The predicted octanol–water partition coefficient (Wildman–Crippen LogP) is 4.26. The third-order valence-electron chi connectivity index (χ3n) is 3.86. The van der Waals surface area contributed by atoms with Gasteiger partial charge in [-0.1, -0.05) is 12.1 Å². The van der Waals surface area contributed by atoms with Crippen molar-refractivity contribution in [2.75, 3.05) is 5.01 Å². The first-order chi connectivity index (χ1) is 11.1. The number of allylic oxidation sites excluding steroid dienone is 2. The lowest BCUT2D eigenvalue weighted by Crippen LogP contribution is -2.21. The van der Waals surface area contributed by atoms with Gasteiger partial charge in [0.15, 0.2) is 0 Å². The highest BCUT2D eigenvalue weighted by Crippen LogP contribution is 2.25. The molecule has 1 aromatic heterocycles. The Kier molecular flexibility index (Phi) is 3.98. The first kappa shape index (κ1) is 15.0. The Morgan fingerprint density at radius 1 is 1.13 bits per heavy atom. The summed E-state index contributed by atoms with van der Waals surface area (Å²) in [6.45, 7) is 5.91. The summed E-state index contributed by atoms with van der Waals surface area (Å²) in [5, 5.41) is 5.84. The molecule has 1 amide bonds. The fraction of sp³-hybridized carbons (Fsp3) is 0.158. The van der Waals surface area contributed by atoms with Crippen LogP contribution in [0.3, 0.4) is 0 Å². The molecule has 0 fully saturated rings. The van der Waals surface area contributed by atoms with Crippen LogP contribution in [0.15, 0.2) is 63.8 Å². The van der Waals surface area contributed by atoms with E-state index in [4.69, 9.17) is 4.42 Å². The van der Waals surface area contributed by atoms with Gasteiger partial charge in [-0.25, -0.2) is 0 Å². The van der Waals surface area contributed by atoms with Crippen molar-refractivity contribution in [3.8, 4) is 0 Å². The molecule has 0 aliphatic carbocycles. The van der Waals surface area contributed by atoms with Crippen LogP contribution in [0, 0.1) is 13.8 Å². The van der Waals surface area contributed by atoms with E-state index in [1.165, 1.54) is 10.6 Å². The zero-order valence-corrected chi connectivity index (χ0v) is 13.4. The number of nitrogens with zero attached hydrogens (tertiary/aromatic N) is 2. The summed E-state index contributed by atoms with van der Waals surface area (Å²) in [4.78, 5) is 12.6. The van der Waals surface area contributed by atoms with Gasteiger partial charge in [-0.2, -0.15) is 10.1 Å². The molecule has 0 saturated heterocycles. The molecule has 3 rings (SSSR count). The lowest BCUT2D eigenvalue weighted by molar-refractivity contribution is -0.114. The normalized spacial score (nSPS) is 16.7. The van der Waals surface area contributed by atoms with E-state index < -0.39 is 0 Å². The second-order valence-electron chi connectivity index (χ2n) is 5.53. The average Bonchev–Trinajstić information content (AvgIpc) is 3.13. The van der Waals surface area contributed by atoms with Crippen LogP contribution in [0.25, 0.3) is 6.08 Å². The molecular weight excluding hydrogens is 288 g/mol. The largest absolute Gasteiger partial charge is 0.465 e. The van der Waals surface area contributed by atoms with Gasteiger partial charge in [-0.15, -0.1) is 0 Å². The molecule has 0 N–H and O–H groups in total. The molecule has 4 nitrogen and oxygen atoms in total. The minimum absolute atomic E-state index is 0.116. The van der Waals surface area contributed by atoms with Gasteiger partial charge in [0.25, 0.3) is 5.91 Å². The number of carbonyl (C=O) groups excluding carboxylic acids is 1. The summed E-state index contributed by atoms with van der Waals surface area (Å²) in [5.41, 5.74) is 4.41. The fourth-order valence-electron chi connectivity index (χ4n) is 2.37. The third kappa shape index (κ3) is 3.01. The maximum Gasteiger partial charge on any atom is 0.280 e. The van der Waals surface area contributed by atoms with Crippen molar-refractivity contribution in [2.45, 2.75) is 20.8 Å². The number of hydrogen-bond acceptors (Lipinski definition) is 3. The van der Waals surface area contributed by atoms with Crippen LogP contribution >= 0.6 is 0 Å². The van der Waals surface area contributed by atoms with Crippen LogP contribution < -0.4 is 5.01 Å². The highest BCUT2D eigenvalue weighted by molar-refractivity contribution is 6.29. The number of amides is 1. The Morgan fingerprint density at radius 2 is 1.96 bits per heavy atom. The van der Waals surface area contributed by atoms with E-state index in [-0.39, 0.29) is 5.91 Å². The zero-order chi connectivity index (χ0) is 16.4. The summed E-state index contributed by atoms with van der Waals surface area (Å²) >= 11 is 0. The Balaban J connectivity index is 1.84. The number of aryl methyl sites for hydroxylation is 2. The summed E-state index contributed by atoms with van der Waals surface area (Å²) in [5.74, 6) is 0.628. The highest BCUT2D eigenvalue weighted by Gasteiger charge is 2.28. The first-order valence-electron chi connectivity index (χ1n) is 7.45. The molecule has 0 unspecified atom stereocenters. The Morgan fingerprint density at radius 3 is 2.65 bits per heavy atom. The van der Waals surface area contributed by atoms with Crippen molar-refractivity contribution in [1.82, 2.24) is 0 Å².